The SMILES string of the molecule is CCCn1cncc1CNC(C)Cc1cccc(Cl)c1. The Kier molecular flexibility index (Phi) is 5.62. The van der Waals surface area contributed by atoms with E-state index in [1.54, 1.807) is 0 Å². The van der Waals surface area contributed by atoms with Gasteiger partial charge in [-0.15, -0.1) is 0 Å². The highest BCUT2D eigenvalue weighted by Crippen LogP contribution is 2.12. The quantitative estimate of drug-likeness (QED) is 0.843. The summed E-state index contributed by atoms with van der Waals surface area (Å²) in [6.45, 7) is 6.25. The van der Waals surface area contributed by atoms with Crippen LogP contribution in [0, 0.1) is 0 Å². The number of rotatable bonds is 7. The van der Waals surface area contributed by atoms with Crippen LogP contribution in [0.2, 0.25) is 5.02 Å². The lowest BCUT2D eigenvalue weighted by atomic mass is 10.1. The smallest absolute Gasteiger partial charge is 0.0948 e. The van der Waals surface area contributed by atoms with Gasteiger partial charge in [0, 0.05) is 30.4 Å². The Morgan fingerprint density at radius 2 is 2.25 bits per heavy atom. The number of imidazole rings is 1. The van der Waals surface area contributed by atoms with Gasteiger partial charge in [-0.3, -0.25) is 0 Å². The van der Waals surface area contributed by atoms with Crippen LogP contribution in [0.1, 0.15) is 31.5 Å². The highest BCUT2D eigenvalue weighted by Gasteiger charge is 2.06. The molecule has 0 aliphatic rings. The van der Waals surface area contributed by atoms with Gasteiger partial charge in [-0.1, -0.05) is 30.7 Å². The molecule has 0 saturated carbocycles. The van der Waals surface area contributed by atoms with E-state index >= 15 is 0 Å². The maximum Gasteiger partial charge on any atom is 0.0948 e. The molecule has 3 nitrogen and oxygen atoms in total. The molecule has 1 unspecified atom stereocenters. The predicted octanol–water partition coefficient (Wildman–Crippen LogP) is 3.67. The van der Waals surface area contributed by atoms with Crippen molar-refractivity contribution in [3.63, 3.8) is 0 Å². The molecular formula is C16H22ClN3. The van der Waals surface area contributed by atoms with Crippen molar-refractivity contribution < 1.29 is 0 Å². The minimum atomic E-state index is 0.401. The van der Waals surface area contributed by atoms with Gasteiger partial charge in [0.05, 0.1) is 12.0 Å². The van der Waals surface area contributed by atoms with Gasteiger partial charge in [-0.25, -0.2) is 4.98 Å². The van der Waals surface area contributed by atoms with E-state index in [-0.39, 0.29) is 0 Å². The van der Waals surface area contributed by atoms with Crippen LogP contribution in [-0.2, 0) is 19.5 Å². The van der Waals surface area contributed by atoms with Gasteiger partial charge in [0.2, 0.25) is 0 Å². The number of nitrogens with one attached hydrogen (secondary N) is 1. The van der Waals surface area contributed by atoms with Crippen molar-refractivity contribution in [1.82, 2.24) is 14.9 Å². The molecular weight excluding hydrogens is 270 g/mol. The number of aryl methyl sites for hydroxylation is 1. The second-order valence-corrected chi connectivity index (χ2v) is 5.63. The largest absolute Gasteiger partial charge is 0.333 e. The molecule has 0 spiro atoms. The van der Waals surface area contributed by atoms with E-state index < -0.39 is 0 Å². The molecule has 1 aromatic carbocycles. The molecule has 20 heavy (non-hydrogen) atoms. The highest BCUT2D eigenvalue weighted by atomic mass is 35.5. The first-order valence-electron chi connectivity index (χ1n) is 7.16. The van der Waals surface area contributed by atoms with Crippen molar-refractivity contribution in [2.75, 3.05) is 0 Å². The molecule has 0 saturated heterocycles. The highest BCUT2D eigenvalue weighted by molar-refractivity contribution is 6.30. The summed E-state index contributed by atoms with van der Waals surface area (Å²) in [5.41, 5.74) is 2.50. The van der Waals surface area contributed by atoms with Gasteiger partial charge < -0.3 is 9.88 Å². The minimum Gasteiger partial charge on any atom is -0.333 e. The fraction of sp³-hybridized carbons (Fsp3) is 0.438. The zero-order valence-corrected chi connectivity index (χ0v) is 12.9. The minimum absolute atomic E-state index is 0.401. The second-order valence-electron chi connectivity index (χ2n) is 5.19. The molecule has 1 N–H and O–H groups in total. The number of aromatic nitrogens is 2. The summed E-state index contributed by atoms with van der Waals surface area (Å²) in [4.78, 5) is 4.22. The van der Waals surface area contributed by atoms with E-state index in [9.17, 15) is 0 Å². The molecule has 2 rings (SSSR count). The monoisotopic (exact) mass is 291 g/mol. The van der Waals surface area contributed by atoms with E-state index in [4.69, 9.17) is 11.6 Å². The number of hydrogen-bond acceptors (Lipinski definition) is 2. The molecule has 1 atom stereocenters. The van der Waals surface area contributed by atoms with Gasteiger partial charge in [0.1, 0.15) is 0 Å². The summed E-state index contributed by atoms with van der Waals surface area (Å²) in [5, 5.41) is 4.35. The van der Waals surface area contributed by atoms with E-state index in [2.05, 4.69) is 34.8 Å². The molecule has 1 aromatic heterocycles. The summed E-state index contributed by atoms with van der Waals surface area (Å²) >= 11 is 6.01. The van der Waals surface area contributed by atoms with Gasteiger partial charge in [-0.2, -0.15) is 0 Å². The maximum atomic E-state index is 6.01. The van der Waals surface area contributed by atoms with E-state index in [1.807, 2.05) is 30.7 Å². The van der Waals surface area contributed by atoms with Gasteiger partial charge >= 0.3 is 0 Å². The number of halogens is 1. The van der Waals surface area contributed by atoms with Gasteiger partial charge in [0.15, 0.2) is 0 Å². The van der Waals surface area contributed by atoms with Crippen LogP contribution >= 0.6 is 11.6 Å². The third-order valence-electron chi connectivity index (χ3n) is 3.33. The van der Waals surface area contributed by atoms with Crippen LogP contribution in [-0.4, -0.2) is 15.6 Å². The summed E-state index contributed by atoms with van der Waals surface area (Å²) < 4.78 is 2.21. The van der Waals surface area contributed by atoms with Crippen molar-refractivity contribution in [3.05, 3.63) is 53.1 Å². The van der Waals surface area contributed by atoms with Crippen molar-refractivity contribution >= 4 is 11.6 Å². The van der Waals surface area contributed by atoms with Crippen molar-refractivity contribution in [2.45, 2.75) is 45.8 Å². The lowest BCUT2D eigenvalue weighted by molar-refractivity contribution is 0.521. The molecule has 108 valence electrons. The van der Waals surface area contributed by atoms with Gasteiger partial charge in [-0.05, 0) is 37.5 Å². The zero-order valence-electron chi connectivity index (χ0n) is 12.1. The molecule has 1 heterocycles. The molecule has 4 heteroatoms. The average molecular weight is 292 g/mol. The van der Waals surface area contributed by atoms with Gasteiger partial charge in [0.25, 0.3) is 0 Å². The Hall–Kier alpha value is -1.32. The Bertz CT molecular complexity index is 536. The van der Waals surface area contributed by atoms with E-state index in [0.717, 1.165) is 31.0 Å². The van der Waals surface area contributed by atoms with Crippen LogP contribution in [0.3, 0.4) is 0 Å². The molecule has 0 radical (unpaired) electrons. The maximum absolute atomic E-state index is 6.01. The Morgan fingerprint density at radius 3 is 3.00 bits per heavy atom. The summed E-state index contributed by atoms with van der Waals surface area (Å²) in [7, 11) is 0. The molecule has 0 amide bonds. The molecule has 2 aromatic rings. The molecule has 0 aliphatic heterocycles. The van der Waals surface area contributed by atoms with Crippen LogP contribution < -0.4 is 5.32 Å². The summed E-state index contributed by atoms with van der Waals surface area (Å²) in [5.74, 6) is 0. The van der Waals surface area contributed by atoms with Crippen LogP contribution in [0.25, 0.3) is 0 Å². The Balaban J connectivity index is 1.85. The topological polar surface area (TPSA) is 29.9 Å². The summed E-state index contributed by atoms with van der Waals surface area (Å²) in [6, 6.07) is 8.46. The van der Waals surface area contributed by atoms with Crippen molar-refractivity contribution in [2.24, 2.45) is 0 Å². The molecule has 0 bridgehead atoms. The average Bonchev–Trinajstić information content (AvgIpc) is 2.84. The predicted molar refractivity (Wildman–Crippen MR) is 84.0 cm³/mol. The first-order valence-corrected chi connectivity index (χ1v) is 7.53. The Labute approximate surface area is 126 Å². The van der Waals surface area contributed by atoms with Crippen molar-refractivity contribution in [1.29, 1.82) is 0 Å². The fourth-order valence-corrected chi connectivity index (χ4v) is 2.52. The van der Waals surface area contributed by atoms with Crippen LogP contribution in [0.15, 0.2) is 36.8 Å². The normalized spacial score (nSPS) is 12.6. The summed E-state index contributed by atoms with van der Waals surface area (Å²) in [6.07, 6.45) is 5.95. The number of hydrogen-bond donors (Lipinski definition) is 1. The third kappa shape index (κ3) is 4.36. The zero-order chi connectivity index (χ0) is 14.4. The first-order chi connectivity index (χ1) is 9.69. The van der Waals surface area contributed by atoms with Crippen LogP contribution in [0.5, 0.6) is 0 Å². The Morgan fingerprint density at radius 1 is 1.40 bits per heavy atom. The third-order valence-corrected chi connectivity index (χ3v) is 3.56. The van der Waals surface area contributed by atoms with E-state index in [0.29, 0.717) is 6.04 Å². The van der Waals surface area contributed by atoms with Crippen molar-refractivity contribution in [3.8, 4) is 0 Å². The standard InChI is InChI=1S/C16H22ClN3/c1-3-7-20-12-18-10-16(20)11-19-13(2)8-14-5-4-6-15(17)9-14/h4-6,9-10,12-13,19H,3,7-8,11H2,1-2H3. The first kappa shape index (κ1) is 15.1. The number of benzene rings is 1. The van der Waals surface area contributed by atoms with E-state index in [1.165, 1.54) is 11.3 Å². The molecule has 0 aliphatic carbocycles. The van der Waals surface area contributed by atoms with Crippen LogP contribution in [0.4, 0.5) is 0 Å². The second kappa shape index (κ2) is 7.46. The molecule has 0 fully saturated rings. The fourth-order valence-electron chi connectivity index (χ4n) is 2.31. The lowest BCUT2D eigenvalue weighted by Gasteiger charge is -2.15. The lowest BCUT2D eigenvalue weighted by Crippen LogP contribution is -2.28. The number of nitrogens with zero attached hydrogens (tertiary/aromatic N) is 2.